The molecule has 0 radical (unpaired) electrons. The van der Waals surface area contributed by atoms with Gasteiger partial charge >= 0.3 is 5.97 Å². The fourth-order valence-electron chi connectivity index (χ4n) is 1.54. The fourth-order valence-corrected chi connectivity index (χ4v) is 1.89. The maximum absolute atomic E-state index is 11.2. The largest absolute Gasteiger partial charge is 0.461 e. The summed E-state index contributed by atoms with van der Waals surface area (Å²) < 4.78 is 5.16. The molecular formula is C9H15ClO2. The van der Waals surface area contributed by atoms with Crippen LogP contribution in [-0.2, 0) is 9.53 Å². The Morgan fingerprint density at radius 2 is 1.92 bits per heavy atom. The Bertz CT molecular complexity index is 179. The molecule has 1 rings (SSSR count). The van der Waals surface area contributed by atoms with Gasteiger partial charge in [-0.05, 0) is 11.8 Å². The number of carbonyl (C=O) groups is 1. The first-order chi connectivity index (χ1) is 5.57. The van der Waals surface area contributed by atoms with Crippen molar-refractivity contribution in [3.05, 3.63) is 0 Å². The fraction of sp³-hybridized carbons (Fsp3) is 0.889. The molecule has 0 aromatic carbocycles. The molecule has 0 saturated carbocycles. The number of ether oxygens (including phenoxy) is 1. The normalized spacial score (nSPS) is 42.5. The van der Waals surface area contributed by atoms with E-state index >= 15 is 0 Å². The summed E-state index contributed by atoms with van der Waals surface area (Å²) in [6.07, 6.45) is -0.0923. The highest BCUT2D eigenvalue weighted by molar-refractivity contribution is 6.18. The monoisotopic (exact) mass is 190 g/mol. The second-order valence-electron chi connectivity index (χ2n) is 3.64. The summed E-state index contributed by atoms with van der Waals surface area (Å²) in [6.45, 7) is 6.07. The van der Waals surface area contributed by atoms with Gasteiger partial charge in [0.1, 0.15) is 6.10 Å². The maximum atomic E-state index is 11.2. The van der Waals surface area contributed by atoms with E-state index in [0.717, 1.165) is 0 Å². The molecule has 0 amide bonds. The molecule has 70 valence electrons. The molecule has 1 aliphatic rings. The molecule has 4 unspecified atom stereocenters. The maximum Gasteiger partial charge on any atom is 0.309 e. The zero-order valence-corrected chi connectivity index (χ0v) is 8.47. The molecule has 0 aliphatic carbocycles. The van der Waals surface area contributed by atoms with Crippen molar-refractivity contribution in [2.45, 2.75) is 26.9 Å². The van der Waals surface area contributed by atoms with Crippen LogP contribution < -0.4 is 0 Å². The van der Waals surface area contributed by atoms with E-state index in [1.54, 1.807) is 0 Å². The number of halogens is 1. The summed E-state index contributed by atoms with van der Waals surface area (Å²) >= 11 is 5.68. The lowest BCUT2D eigenvalue weighted by molar-refractivity contribution is -0.167. The average Bonchev–Trinajstić information content (AvgIpc) is 2.08. The topological polar surface area (TPSA) is 26.3 Å². The minimum absolute atomic E-state index is 0.0134. The minimum atomic E-state index is -0.105. The van der Waals surface area contributed by atoms with Crippen molar-refractivity contribution in [2.24, 2.45) is 17.8 Å². The van der Waals surface area contributed by atoms with Crippen molar-refractivity contribution in [2.75, 3.05) is 5.88 Å². The first kappa shape index (κ1) is 9.85. The number of rotatable bonds is 1. The highest BCUT2D eigenvalue weighted by Gasteiger charge is 2.37. The van der Waals surface area contributed by atoms with Gasteiger partial charge < -0.3 is 4.74 Å². The molecule has 1 saturated heterocycles. The van der Waals surface area contributed by atoms with Crippen molar-refractivity contribution < 1.29 is 9.53 Å². The summed E-state index contributed by atoms with van der Waals surface area (Å²) in [7, 11) is 0. The van der Waals surface area contributed by atoms with E-state index in [4.69, 9.17) is 16.3 Å². The Kier molecular flexibility index (Phi) is 2.99. The Hall–Kier alpha value is -0.240. The zero-order valence-electron chi connectivity index (χ0n) is 7.71. The number of esters is 1. The summed E-state index contributed by atoms with van der Waals surface area (Å²) in [5.41, 5.74) is 0. The number of carbonyl (C=O) groups excluding carboxylic acids is 1. The summed E-state index contributed by atoms with van der Waals surface area (Å²) in [5, 5.41) is 0. The van der Waals surface area contributed by atoms with Crippen molar-refractivity contribution in [1.82, 2.24) is 0 Å². The van der Waals surface area contributed by atoms with Gasteiger partial charge in [-0.15, -0.1) is 11.6 Å². The molecule has 0 bridgehead atoms. The second-order valence-corrected chi connectivity index (χ2v) is 3.95. The van der Waals surface area contributed by atoms with E-state index in [-0.39, 0.29) is 18.0 Å². The van der Waals surface area contributed by atoms with Gasteiger partial charge in [0, 0.05) is 0 Å². The first-order valence-electron chi connectivity index (χ1n) is 4.34. The molecule has 0 spiro atoms. The van der Waals surface area contributed by atoms with Crippen LogP contribution in [0, 0.1) is 17.8 Å². The molecule has 1 heterocycles. The summed E-state index contributed by atoms with van der Waals surface area (Å²) in [6, 6.07) is 0. The average molecular weight is 191 g/mol. The second kappa shape index (κ2) is 3.65. The van der Waals surface area contributed by atoms with E-state index in [1.165, 1.54) is 0 Å². The van der Waals surface area contributed by atoms with Crippen LogP contribution in [0.25, 0.3) is 0 Å². The van der Waals surface area contributed by atoms with E-state index in [2.05, 4.69) is 13.8 Å². The molecule has 1 aliphatic heterocycles. The summed E-state index contributed by atoms with van der Waals surface area (Å²) in [4.78, 5) is 11.2. The van der Waals surface area contributed by atoms with Crippen LogP contribution in [0.15, 0.2) is 0 Å². The van der Waals surface area contributed by atoms with Crippen LogP contribution in [0.1, 0.15) is 20.8 Å². The lowest BCUT2D eigenvalue weighted by Crippen LogP contribution is -2.42. The van der Waals surface area contributed by atoms with Crippen LogP contribution >= 0.6 is 11.6 Å². The van der Waals surface area contributed by atoms with Gasteiger partial charge in [0.15, 0.2) is 0 Å². The highest BCUT2D eigenvalue weighted by atomic mass is 35.5. The third-order valence-corrected chi connectivity index (χ3v) is 3.30. The number of cyclic esters (lactones) is 1. The zero-order chi connectivity index (χ0) is 9.30. The van der Waals surface area contributed by atoms with Gasteiger partial charge in [-0.3, -0.25) is 4.79 Å². The van der Waals surface area contributed by atoms with Crippen molar-refractivity contribution in [1.29, 1.82) is 0 Å². The molecule has 3 heteroatoms. The van der Waals surface area contributed by atoms with Crippen LogP contribution in [0.3, 0.4) is 0 Å². The van der Waals surface area contributed by atoms with Gasteiger partial charge in [0.25, 0.3) is 0 Å². The smallest absolute Gasteiger partial charge is 0.309 e. The van der Waals surface area contributed by atoms with Gasteiger partial charge in [-0.1, -0.05) is 20.8 Å². The quantitative estimate of drug-likeness (QED) is 0.468. The Morgan fingerprint density at radius 1 is 1.33 bits per heavy atom. The van der Waals surface area contributed by atoms with Crippen LogP contribution in [0.4, 0.5) is 0 Å². The molecular weight excluding hydrogens is 176 g/mol. The van der Waals surface area contributed by atoms with Crippen molar-refractivity contribution >= 4 is 17.6 Å². The van der Waals surface area contributed by atoms with Gasteiger partial charge in [-0.25, -0.2) is 0 Å². The highest BCUT2D eigenvalue weighted by Crippen LogP contribution is 2.31. The number of hydrogen-bond donors (Lipinski definition) is 0. The van der Waals surface area contributed by atoms with E-state index in [0.29, 0.717) is 17.7 Å². The van der Waals surface area contributed by atoms with Gasteiger partial charge in [0.2, 0.25) is 0 Å². The lowest BCUT2D eigenvalue weighted by atomic mass is 9.80. The van der Waals surface area contributed by atoms with Crippen molar-refractivity contribution in [3.8, 4) is 0 Å². The Balaban J connectivity index is 2.70. The van der Waals surface area contributed by atoms with Crippen molar-refractivity contribution in [3.63, 3.8) is 0 Å². The predicted octanol–water partition coefficient (Wildman–Crippen LogP) is 2.06. The molecule has 0 aromatic heterocycles. The molecule has 0 N–H and O–H groups in total. The van der Waals surface area contributed by atoms with E-state index in [9.17, 15) is 4.79 Å². The predicted molar refractivity (Wildman–Crippen MR) is 48.1 cm³/mol. The Labute approximate surface area is 78.2 Å². The van der Waals surface area contributed by atoms with Gasteiger partial charge in [0.05, 0.1) is 11.8 Å². The molecule has 2 nitrogen and oxygen atoms in total. The first-order valence-corrected chi connectivity index (χ1v) is 4.87. The summed E-state index contributed by atoms with van der Waals surface area (Å²) in [5.74, 6) is 1.06. The van der Waals surface area contributed by atoms with Crippen LogP contribution in [0.2, 0.25) is 0 Å². The molecule has 1 fully saturated rings. The molecule has 4 atom stereocenters. The standard InChI is InChI=1S/C9H15ClO2/c1-5-6(2)8(4-10)12-9(11)7(5)3/h5-8H,4H2,1-3H3. The Morgan fingerprint density at radius 3 is 2.42 bits per heavy atom. The van der Waals surface area contributed by atoms with E-state index in [1.807, 2.05) is 6.92 Å². The minimum Gasteiger partial charge on any atom is -0.461 e. The third kappa shape index (κ3) is 1.58. The molecule has 12 heavy (non-hydrogen) atoms. The number of hydrogen-bond acceptors (Lipinski definition) is 2. The van der Waals surface area contributed by atoms with Crippen LogP contribution in [-0.4, -0.2) is 18.0 Å². The number of alkyl halides is 1. The molecule has 0 aromatic rings. The van der Waals surface area contributed by atoms with Gasteiger partial charge in [-0.2, -0.15) is 0 Å². The van der Waals surface area contributed by atoms with E-state index < -0.39 is 0 Å². The third-order valence-electron chi connectivity index (χ3n) is 3.00. The lowest BCUT2D eigenvalue weighted by Gasteiger charge is -2.36. The van der Waals surface area contributed by atoms with Crippen LogP contribution in [0.5, 0.6) is 0 Å². The SMILES string of the molecule is CC1C(=O)OC(CCl)C(C)C1C.